The molecule has 0 radical (unpaired) electrons. The number of benzene rings is 1. The minimum Gasteiger partial charge on any atom is -0.397 e. The predicted octanol–water partition coefficient (Wildman–Crippen LogP) is 3.30. The Morgan fingerprint density at radius 3 is 2.31 bits per heavy atom. The normalized spacial score (nSPS) is 11.9. The van der Waals surface area contributed by atoms with Gasteiger partial charge in [0.2, 0.25) is 0 Å². The number of aryl methyl sites for hydroxylation is 2. The van der Waals surface area contributed by atoms with Crippen LogP contribution < -0.4 is 5.73 Å². The topological polar surface area (TPSA) is 49.8 Å². The first-order valence-electron chi connectivity index (χ1n) is 5.57. The Labute approximate surface area is 97.4 Å². The van der Waals surface area contributed by atoms with E-state index in [1.54, 1.807) is 0 Å². The van der Waals surface area contributed by atoms with Gasteiger partial charge in [-0.3, -0.25) is 0 Å². The number of allylic oxidation sites excluding steroid dienone is 1. The molecule has 0 aliphatic heterocycles. The van der Waals surface area contributed by atoms with Gasteiger partial charge in [-0.1, -0.05) is 31.5 Å². The first kappa shape index (κ1) is 12.3. The van der Waals surface area contributed by atoms with Gasteiger partial charge in [-0.25, -0.2) is 0 Å². The summed E-state index contributed by atoms with van der Waals surface area (Å²) in [4.78, 5) is 0. The number of hydrogen-bond donors (Lipinski definition) is 1. The fourth-order valence-electron chi connectivity index (χ4n) is 1.89. The maximum Gasteiger partial charge on any atom is 0.0968 e. The smallest absolute Gasteiger partial charge is 0.0968 e. The van der Waals surface area contributed by atoms with Crippen LogP contribution in [-0.2, 0) is 0 Å². The van der Waals surface area contributed by atoms with E-state index in [1.165, 1.54) is 0 Å². The molecule has 0 atom stereocenters. The van der Waals surface area contributed by atoms with E-state index in [2.05, 4.69) is 13.0 Å². The van der Waals surface area contributed by atoms with E-state index >= 15 is 0 Å². The van der Waals surface area contributed by atoms with Crippen molar-refractivity contribution in [3.8, 4) is 6.07 Å². The second kappa shape index (κ2) is 5.37. The lowest BCUT2D eigenvalue weighted by Crippen LogP contribution is -2.05. The highest BCUT2D eigenvalue weighted by molar-refractivity contribution is 5.73. The van der Waals surface area contributed by atoms with E-state index in [1.807, 2.05) is 32.0 Å². The molecular weight excluding hydrogens is 196 g/mol. The fourth-order valence-corrected chi connectivity index (χ4v) is 1.89. The average molecular weight is 214 g/mol. The van der Waals surface area contributed by atoms with Crippen molar-refractivity contribution in [1.82, 2.24) is 0 Å². The number of nitrogens with two attached hydrogens (primary N) is 1. The molecule has 2 heteroatoms. The SMILES string of the molecule is CCC/C(C#N)=C(/N)c1c(C)cccc1C. The van der Waals surface area contributed by atoms with Gasteiger partial charge in [0.25, 0.3) is 0 Å². The minimum atomic E-state index is 0.639. The number of nitrogens with zero attached hydrogens (tertiary/aromatic N) is 1. The second-order valence-electron chi connectivity index (χ2n) is 4.02. The van der Waals surface area contributed by atoms with E-state index < -0.39 is 0 Å². The summed E-state index contributed by atoms with van der Waals surface area (Å²) in [5.74, 6) is 0. The monoisotopic (exact) mass is 214 g/mol. The Kier molecular flexibility index (Phi) is 4.13. The zero-order chi connectivity index (χ0) is 12.1. The maximum atomic E-state index is 9.08. The molecule has 84 valence electrons. The van der Waals surface area contributed by atoms with Crippen molar-refractivity contribution < 1.29 is 0 Å². The van der Waals surface area contributed by atoms with Crippen LogP contribution in [0.5, 0.6) is 0 Å². The molecule has 1 aromatic carbocycles. The summed E-state index contributed by atoms with van der Waals surface area (Å²) >= 11 is 0. The molecule has 2 nitrogen and oxygen atoms in total. The van der Waals surface area contributed by atoms with Crippen LogP contribution in [0.1, 0.15) is 36.5 Å². The summed E-state index contributed by atoms with van der Waals surface area (Å²) in [6, 6.07) is 8.27. The molecule has 0 bridgehead atoms. The van der Waals surface area contributed by atoms with Crippen molar-refractivity contribution in [3.63, 3.8) is 0 Å². The number of nitriles is 1. The van der Waals surface area contributed by atoms with E-state index in [9.17, 15) is 0 Å². The van der Waals surface area contributed by atoms with E-state index in [0.29, 0.717) is 11.3 Å². The van der Waals surface area contributed by atoms with E-state index in [0.717, 1.165) is 29.5 Å². The van der Waals surface area contributed by atoms with Crippen LogP contribution in [0.3, 0.4) is 0 Å². The Morgan fingerprint density at radius 1 is 1.31 bits per heavy atom. The fraction of sp³-hybridized carbons (Fsp3) is 0.357. The molecule has 0 fully saturated rings. The second-order valence-corrected chi connectivity index (χ2v) is 4.02. The molecule has 0 saturated carbocycles. The Hall–Kier alpha value is -1.75. The molecule has 2 N–H and O–H groups in total. The van der Waals surface area contributed by atoms with Crippen molar-refractivity contribution in [3.05, 3.63) is 40.5 Å². The molecule has 16 heavy (non-hydrogen) atoms. The first-order chi connectivity index (χ1) is 7.61. The summed E-state index contributed by atoms with van der Waals surface area (Å²) in [5, 5.41) is 9.08. The van der Waals surface area contributed by atoms with E-state index in [4.69, 9.17) is 11.0 Å². The molecule has 0 spiro atoms. The zero-order valence-electron chi connectivity index (χ0n) is 10.2. The van der Waals surface area contributed by atoms with Gasteiger partial charge in [-0.05, 0) is 31.4 Å². The van der Waals surface area contributed by atoms with E-state index in [-0.39, 0.29) is 0 Å². The van der Waals surface area contributed by atoms with Crippen LogP contribution in [0.4, 0.5) is 0 Å². The summed E-state index contributed by atoms with van der Waals surface area (Å²) < 4.78 is 0. The van der Waals surface area contributed by atoms with Crippen LogP contribution in [0.2, 0.25) is 0 Å². The quantitative estimate of drug-likeness (QED) is 0.785. The van der Waals surface area contributed by atoms with Gasteiger partial charge in [-0.2, -0.15) is 5.26 Å². The van der Waals surface area contributed by atoms with Gasteiger partial charge in [0.05, 0.1) is 17.3 Å². The molecule has 0 amide bonds. The average Bonchev–Trinajstić information content (AvgIpc) is 2.25. The predicted molar refractivity (Wildman–Crippen MR) is 67.5 cm³/mol. The van der Waals surface area contributed by atoms with Gasteiger partial charge >= 0.3 is 0 Å². The molecule has 0 unspecified atom stereocenters. The lowest BCUT2D eigenvalue weighted by atomic mass is 9.96. The van der Waals surface area contributed by atoms with Crippen LogP contribution in [0, 0.1) is 25.2 Å². The van der Waals surface area contributed by atoms with Crippen LogP contribution in [0.15, 0.2) is 23.8 Å². The Bertz CT molecular complexity index is 430. The van der Waals surface area contributed by atoms with Crippen molar-refractivity contribution >= 4 is 5.70 Å². The third-order valence-corrected chi connectivity index (χ3v) is 2.71. The summed E-state index contributed by atoms with van der Waals surface area (Å²) in [5.41, 5.74) is 10.7. The molecule has 1 rings (SSSR count). The zero-order valence-corrected chi connectivity index (χ0v) is 10.2. The largest absolute Gasteiger partial charge is 0.397 e. The van der Waals surface area contributed by atoms with Gasteiger partial charge in [0, 0.05) is 5.56 Å². The highest BCUT2D eigenvalue weighted by Crippen LogP contribution is 2.23. The third-order valence-electron chi connectivity index (χ3n) is 2.71. The first-order valence-corrected chi connectivity index (χ1v) is 5.57. The van der Waals surface area contributed by atoms with Crippen molar-refractivity contribution in [1.29, 1.82) is 5.26 Å². The molecule has 0 aliphatic carbocycles. The third kappa shape index (κ3) is 2.43. The van der Waals surface area contributed by atoms with Crippen LogP contribution >= 0.6 is 0 Å². The van der Waals surface area contributed by atoms with Crippen molar-refractivity contribution in [2.75, 3.05) is 0 Å². The number of rotatable bonds is 3. The number of hydrogen-bond acceptors (Lipinski definition) is 2. The highest BCUT2D eigenvalue weighted by Gasteiger charge is 2.09. The van der Waals surface area contributed by atoms with Gasteiger partial charge in [0.1, 0.15) is 0 Å². The maximum absolute atomic E-state index is 9.08. The lowest BCUT2D eigenvalue weighted by molar-refractivity contribution is 0.928. The standard InChI is InChI=1S/C14H18N2/c1-4-6-12(9-15)14(16)13-10(2)7-5-8-11(13)3/h5,7-8H,4,6,16H2,1-3H3/b14-12-. The summed E-state index contributed by atoms with van der Waals surface area (Å²) in [6.07, 6.45) is 1.69. The molecule has 0 heterocycles. The molecule has 1 aromatic rings. The van der Waals surface area contributed by atoms with Gasteiger partial charge < -0.3 is 5.73 Å². The Morgan fingerprint density at radius 2 is 1.88 bits per heavy atom. The highest BCUT2D eigenvalue weighted by atomic mass is 14.6. The van der Waals surface area contributed by atoms with Crippen LogP contribution in [-0.4, -0.2) is 0 Å². The van der Waals surface area contributed by atoms with Crippen molar-refractivity contribution in [2.24, 2.45) is 5.73 Å². The lowest BCUT2D eigenvalue weighted by Gasteiger charge is -2.11. The summed E-state index contributed by atoms with van der Waals surface area (Å²) in [7, 11) is 0. The molecule has 0 aliphatic rings. The van der Waals surface area contributed by atoms with Gasteiger partial charge in [-0.15, -0.1) is 0 Å². The minimum absolute atomic E-state index is 0.639. The van der Waals surface area contributed by atoms with Gasteiger partial charge in [0.15, 0.2) is 0 Å². The summed E-state index contributed by atoms with van der Waals surface area (Å²) in [6.45, 7) is 6.10. The Balaban J connectivity index is 3.33. The van der Waals surface area contributed by atoms with Crippen LogP contribution in [0.25, 0.3) is 5.70 Å². The molecule has 0 saturated heterocycles. The molecule has 0 aromatic heterocycles. The molecular formula is C14H18N2. The van der Waals surface area contributed by atoms with Crippen molar-refractivity contribution in [2.45, 2.75) is 33.6 Å².